The zero-order valence-corrected chi connectivity index (χ0v) is 10.1. The molecule has 3 N–H and O–H groups in total. The molecule has 1 unspecified atom stereocenters. The first kappa shape index (κ1) is 12.4. The standard InChI is InChI=1S/C13H16N2O3/c1-8(13(17)18)7-14-12(16)11-6-9-4-2-3-5-10(9)15-11/h2-5,8,11,15H,6-7H2,1H3,(H,14,16)(H,17,18)/t8?,11-/m0/s1. The average molecular weight is 248 g/mol. The van der Waals surface area contributed by atoms with Crippen molar-refractivity contribution in [1.82, 2.24) is 5.32 Å². The van der Waals surface area contributed by atoms with Gasteiger partial charge in [-0.15, -0.1) is 0 Å². The smallest absolute Gasteiger partial charge is 0.308 e. The van der Waals surface area contributed by atoms with E-state index in [0.717, 1.165) is 11.3 Å². The number of nitrogens with one attached hydrogen (secondary N) is 2. The molecule has 1 heterocycles. The molecule has 96 valence electrons. The van der Waals surface area contributed by atoms with Gasteiger partial charge in [-0.3, -0.25) is 9.59 Å². The van der Waals surface area contributed by atoms with Crippen LogP contribution in [-0.2, 0) is 16.0 Å². The van der Waals surface area contributed by atoms with Crippen LogP contribution >= 0.6 is 0 Å². The summed E-state index contributed by atoms with van der Waals surface area (Å²) in [6.45, 7) is 1.72. The Morgan fingerprint density at radius 2 is 2.22 bits per heavy atom. The van der Waals surface area contributed by atoms with Crippen molar-refractivity contribution in [3.63, 3.8) is 0 Å². The SMILES string of the molecule is CC(CNC(=O)[C@@H]1Cc2ccccc2N1)C(=O)O. The zero-order valence-electron chi connectivity index (χ0n) is 10.1. The Morgan fingerprint density at radius 3 is 2.89 bits per heavy atom. The van der Waals surface area contributed by atoms with Crippen molar-refractivity contribution in [2.24, 2.45) is 5.92 Å². The van der Waals surface area contributed by atoms with Gasteiger partial charge in [0.15, 0.2) is 0 Å². The minimum absolute atomic E-state index is 0.153. The van der Waals surface area contributed by atoms with Gasteiger partial charge < -0.3 is 15.7 Å². The summed E-state index contributed by atoms with van der Waals surface area (Å²) >= 11 is 0. The largest absolute Gasteiger partial charge is 0.481 e. The number of aliphatic carboxylic acids is 1. The Balaban J connectivity index is 1.88. The molecule has 0 saturated carbocycles. The third-order valence-electron chi connectivity index (χ3n) is 3.09. The number of carboxylic acids is 1. The zero-order chi connectivity index (χ0) is 13.1. The molecule has 5 nitrogen and oxygen atoms in total. The number of hydrogen-bond acceptors (Lipinski definition) is 3. The predicted molar refractivity (Wildman–Crippen MR) is 67.4 cm³/mol. The molecule has 18 heavy (non-hydrogen) atoms. The molecule has 5 heteroatoms. The van der Waals surface area contributed by atoms with Gasteiger partial charge in [0.05, 0.1) is 5.92 Å². The molecule has 0 radical (unpaired) electrons. The van der Waals surface area contributed by atoms with E-state index in [1.54, 1.807) is 6.92 Å². The summed E-state index contributed by atoms with van der Waals surface area (Å²) < 4.78 is 0. The summed E-state index contributed by atoms with van der Waals surface area (Å²) in [5, 5.41) is 14.5. The molecular weight excluding hydrogens is 232 g/mol. The normalized spacial score (nSPS) is 18.6. The Hall–Kier alpha value is -2.04. The molecule has 2 rings (SSSR count). The van der Waals surface area contributed by atoms with E-state index in [0.29, 0.717) is 6.42 Å². The maximum atomic E-state index is 11.9. The van der Waals surface area contributed by atoms with E-state index in [-0.39, 0.29) is 18.5 Å². The van der Waals surface area contributed by atoms with Crippen molar-refractivity contribution in [2.75, 3.05) is 11.9 Å². The van der Waals surface area contributed by atoms with Gasteiger partial charge in [0.1, 0.15) is 6.04 Å². The van der Waals surface area contributed by atoms with Crippen LogP contribution in [0, 0.1) is 5.92 Å². The molecule has 0 saturated heterocycles. The lowest BCUT2D eigenvalue weighted by Gasteiger charge is -2.13. The molecule has 2 atom stereocenters. The van der Waals surface area contributed by atoms with Crippen molar-refractivity contribution in [1.29, 1.82) is 0 Å². The van der Waals surface area contributed by atoms with E-state index >= 15 is 0 Å². The summed E-state index contributed by atoms with van der Waals surface area (Å²) in [6, 6.07) is 7.47. The summed E-state index contributed by atoms with van der Waals surface area (Å²) in [4.78, 5) is 22.5. The number of fused-ring (bicyclic) bond motifs is 1. The van der Waals surface area contributed by atoms with Gasteiger partial charge in [-0.05, 0) is 11.6 Å². The second-order valence-electron chi connectivity index (χ2n) is 4.54. The fourth-order valence-electron chi connectivity index (χ4n) is 1.92. The highest BCUT2D eigenvalue weighted by molar-refractivity contribution is 5.87. The fraction of sp³-hybridized carbons (Fsp3) is 0.385. The van der Waals surface area contributed by atoms with Gasteiger partial charge in [0, 0.05) is 18.7 Å². The van der Waals surface area contributed by atoms with Crippen LogP contribution < -0.4 is 10.6 Å². The van der Waals surface area contributed by atoms with Crippen LogP contribution in [0.4, 0.5) is 5.69 Å². The fourth-order valence-corrected chi connectivity index (χ4v) is 1.92. The highest BCUT2D eigenvalue weighted by atomic mass is 16.4. The molecule has 0 bridgehead atoms. The van der Waals surface area contributed by atoms with Crippen molar-refractivity contribution < 1.29 is 14.7 Å². The quantitative estimate of drug-likeness (QED) is 0.738. The van der Waals surface area contributed by atoms with Crippen molar-refractivity contribution in [2.45, 2.75) is 19.4 Å². The lowest BCUT2D eigenvalue weighted by atomic mass is 10.1. The number of carbonyl (C=O) groups excluding carboxylic acids is 1. The molecule has 1 aromatic carbocycles. The Kier molecular flexibility index (Phi) is 3.50. The number of rotatable bonds is 4. The minimum atomic E-state index is -0.905. The molecular formula is C13H16N2O3. The van der Waals surface area contributed by atoms with E-state index in [1.165, 1.54) is 0 Å². The lowest BCUT2D eigenvalue weighted by Crippen LogP contribution is -2.41. The van der Waals surface area contributed by atoms with Gasteiger partial charge in [-0.25, -0.2) is 0 Å². The molecule has 1 amide bonds. The van der Waals surface area contributed by atoms with Gasteiger partial charge in [0.2, 0.25) is 5.91 Å². The molecule has 1 aliphatic rings. The van der Waals surface area contributed by atoms with Gasteiger partial charge in [-0.2, -0.15) is 0 Å². The predicted octanol–water partition coefficient (Wildman–Crippen LogP) is 0.860. The Morgan fingerprint density at radius 1 is 1.50 bits per heavy atom. The van der Waals surface area contributed by atoms with Crippen molar-refractivity contribution in [3.05, 3.63) is 29.8 Å². The van der Waals surface area contributed by atoms with Crippen LogP contribution in [0.15, 0.2) is 24.3 Å². The molecule has 0 fully saturated rings. The number of carbonyl (C=O) groups is 2. The first-order valence-electron chi connectivity index (χ1n) is 5.93. The van der Waals surface area contributed by atoms with E-state index in [2.05, 4.69) is 10.6 Å². The van der Waals surface area contributed by atoms with E-state index in [9.17, 15) is 9.59 Å². The summed E-state index contributed by atoms with van der Waals surface area (Å²) in [5.74, 6) is -1.63. The first-order chi connectivity index (χ1) is 8.58. The number of carboxylic acid groups (broad SMARTS) is 1. The second-order valence-corrected chi connectivity index (χ2v) is 4.54. The summed E-state index contributed by atoms with van der Waals surface area (Å²) in [6.07, 6.45) is 0.642. The third-order valence-corrected chi connectivity index (χ3v) is 3.09. The molecule has 1 aromatic rings. The number of amides is 1. The molecule has 0 aliphatic carbocycles. The second kappa shape index (κ2) is 5.08. The molecule has 1 aliphatic heterocycles. The lowest BCUT2D eigenvalue weighted by molar-refractivity contribution is -0.141. The highest BCUT2D eigenvalue weighted by Crippen LogP contribution is 2.24. The van der Waals surface area contributed by atoms with Crippen LogP contribution in [0.1, 0.15) is 12.5 Å². The average Bonchev–Trinajstić information content (AvgIpc) is 2.79. The van der Waals surface area contributed by atoms with Crippen LogP contribution in [-0.4, -0.2) is 29.6 Å². The van der Waals surface area contributed by atoms with Crippen molar-refractivity contribution >= 4 is 17.6 Å². The van der Waals surface area contributed by atoms with Crippen LogP contribution in [0.2, 0.25) is 0 Å². The first-order valence-corrected chi connectivity index (χ1v) is 5.93. The van der Waals surface area contributed by atoms with Crippen molar-refractivity contribution in [3.8, 4) is 0 Å². The molecule has 0 spiro atoms. The number of hydrogen-bond donors (Lipinski definition) is 3. The van der Waals surface area contributed by atoms with Crippen LogP contribution in [0.5, 0.6) is 0 Å². The monoisotopic (exact) mass is 248 g/mol. The van der Waals surface area contributed by atoms with E-state index in [1.807, 2.05) is 24.3 Å². The van der Waals surface area contributed by atoms with Crippen LogP contribution in [0.3, 0.4) is 0 Å². The topological polar surface area (TPSA) is 78.4 Å². The third kappa shape index (κ3) is 2.61. The maximum absolute atomic E-state index is 11.9. The Labute approximate surface area is 105 Å². The minimum Gasteiger partial charge on any atom is -0.481 e. The number of anilines is 1. The Bertz CT molecular complexity index is 448. The van der Waals surface area contributed by atoms with E-state index < -0.39 is 11.9 Å². The maximum Gasteiger partial charge on any atom is 0.308 e. The van der Waals surface area contributed by atoms with Crippen LogP contribution in [0.25, 0.3) is 0 Å². The number of benzene rings is 1. The van der Waals surface area contributed by atoms with Gasteiger partial charge >= 0.3 is 5.97 Å². The summed E-state index contributed by atoms with van der Waals surface area (Å²) in [5.41, 5.74) is 2.09. The number of para-hydroxylation sites is 1. The van der Waals surface area contributed by atoms with Gasteiger partial charge in [-0.1, -0.05) is 25.1 Å². The highest BCUT2D eigenvalue weighted by Gasteiger charge is 2.26. The summed E-state index contributed by atoms with van der Waals surface area (Å²) in [7, 11) is 0. The molecule has 0 aromatic heterocycles. The van der Waals surface area contributed by atoms with Gasteiger partial charge in [0.25, 0.3) is 0 Å². The van der Waals surface area contributed by atoms with E-state index in [4.69, 9.17) is 5.11 Å².